The maximum absolute atomic E-state index is 13.5. The number of rotatable bonds is 8. The van der Waals surface area contributed by atoms with Crippen molar-refractivity contribution in [3.8, 4) is 5.75 Å². The molecule has 3 N–H and O–H groups in total. The molecule has 176 valence electrons. The minimum absolute atomic E-state index is 0.141. The van der Waals surface area contributed by atoms with Crippen LogP contribution in [0, 0.1) is 0 Å². The number of hydrogen-bond acceptors (Lipinski definition) is 6. The molecule has 0 saturated carbocycles. The van der Waals surface area contributed by atoms with Gasteiger partial charge in [-0.1, -0.05) is 13.0 Å². The second kappa shape index (κ2) is 11.1. The number of halogens is 3. The Morgan fingerprint density at radius 2 is 1.94 bits per heavy atom. The smallest absolute Gasteiger partial charge is 0.433 e. The average Bonchev–Trinajstić information content (AvgIpc) is 2.83. The van der Waals surface area contributed by atoms with E-state index in [0.717, 1.165) is 12.5 Å². The average molecular weight is 469 g/mol. The SMILES string of the molecule is CCCOc1cccc(C(=O)Nc2ccc(N=C(C=C(N)c3cccnc3)C(F)(F)F)nc2)c1. The first-order valence-corrected chi connectivity index (χ1v) is 10.3. The number of anilines is 1. The lowest BCUT2D eigenvalue weighted by Crippen LogP contribution is -2.22. The van der Waals surface area contributed by atoms with E-state index >= 15 is 0 Å². The number of alkyl halides is 3. The number of aromatic nitrogens is 2. The largest absolute Gasteiger partial charge is 0.494 e. The molecule has 0 aliphatic heterocycles. The van der Waals surface area contributed by atoms with Crippen molar-refractivity contribution in [2.45, 2.75) is 19.5 Å². The molecule has 0 fully saturated rings. The minimum atomic E-state index is -4.76. The highest BCUT2D eigenvalue weighted by molar-refractivity contribution is 6.05. The lowest BCUT2D eigenvalue weighted by molar-refractivity contribution is -0.0576. The second-order valence-corrected chi connectivity index (χ2v) is 7.07. The minimum Gasteiger partial charge on any atom is -0.494 e. The zero-order valence-electron chi connectivity index (χ0n) is 18.2. The lowest BCUT2D eigenvalue weighted by atomic mass is 10.2. The van der Waals surface area contributed by atoms with E-state index in [1.807, 2.05) is 6.92 Å². The fraction of sp³-hybridized carbons (Fsp3) is 0.167. The third kappa shape index (κ3) is 6.89. The highest BCUT2D eigenvalue weighted by atomic mass is 19.4. The van der Waals surface area contributed by atoms with Crippen LogP contribution in [0.25, 0.3) is 5.70 Å². The number of nitrogens with two attached hydrogens (primary N) is 1. The van der Waals surface area contributed by atoms with E-state index in [-0.39, 0.29) is 11.5 Å². The molecule has 7 nitrogen and oxygen atoms in total. The van der Waals surface area contributed by atoms with Crippen LogP contribution in [0.1, 0.15) is 29.3 Å². The zero-order valence-corrected chi connectivity index (χ0v) is 18.2. The first-order chi connectivity index (χ1) is 16.3. The molecule has 0 atom stereocenters. The monoisotopic (exact) mass is 469 g/mol. The van der Waals surface area contributed by atoms with E-state index in [4.69, 9.17) is 10.5 Å². The van der Waals surface area contributed by atoms with Gasteiger partial charge in [0.15, 0.2) is 5.82 Å². The first kappa shape index (κ1) is 24.4. The van der Waals surface area contributed by atoms with Gasteiger partial charge in [0.1, 0.15) is 11.5 Å². The molecule has 0 unspecified atom stereocenters. The first-order valence-electron chi connectivity index (χ1n) is 10.3. The standard InChI is InChI=1S/C24H22F3N5O2/c1-2-11-34-19-7-3-5-16(12-19)23(33)31-18-8-9-22(30-15-18)32-21(24(25,26)27)13-20(28)17-6-4-10-29-14-17/h3-10,12-15H,2,11,28H2,1H3,(H,31,33). The Morgan fingerprint density at radius 3 is 2.59 bits per heavy atom. The van der Waals surface area contributed by atoms with Crippen LogP contribution in [0.15, 0.2) is 78.2 Å². The van der Waals surface area contributed by atoms with Crippen LogP contribution in [0.2, 0.25) is 0 Å². The Morgan fingerprint density at radius 1 is 1.15 bits per heavy atom. The van der Waals surface area contributed by atoms with E-state index in [0.29, 0.717) is 29.2 Å². The van der Waals surface area contributed by atoms with Gasteiger partial charge >= 0.3 is 6.18 Å². The number of carbonyl (C=O) groups is 1. The molecule has 0 bridgehead atoms. The quantitative estimate of drug-likeness (QED) is 0.444. The van der Waals surface area contributed by atoms with E-state index in [9.17, 15) is 18.0 Å². The van der Waals surface area contributed by atoms with Gasteiger partial charge in [-0.15, -0.1) is 0 Å². The van der Waals surface area contributed by atoms with E-state index in [2.05, 4.69) is 20.3 Å². The van der Waals surface area contributed by atoms with Crippen molar-refractivity contribution in [2.75, 3.05) is 11.9 Å². The highest BCUT2D eigenvalue weighted by Gasteiger charge is 2.34. The van der Waals surface area contributed by atoms with Crippen LogP contribution in [0.5, 0.6) is 5.75 Å². The number of allylic oxidation sites excluding steroid dienone is 1. The summed E-state index contributed by atoms with van der Waals surface area (Å²) in [7, 11) is 0. The molecule has 0 saturated heterocycles. The van der Waals surface area contributed by atoms with Gasteiger partial charge < -0.3 is 15.8 Å². The topological polar surface area (TPSA) is 102 Å². The van der Waals surface area contributed by atoms with Gasteiger partial charge in [0.2, 0.25) is 0 Å². The van der Waals surface area contributed by atoms with Gasteiger partial charge in [-0.05, 0) is 55.0 Å². The van der Waals surface area contributed by atoms with Crippen LogP contribution in [-0.4, -0.2) is 34.4 Å². The molecular formula is C24H22F3N5O2. The second-order valence-electron chi connectivity index (χ2n) is 7.07. The predicted molar refractivity (Wildman–Crippen MR) is 124 cm³/mol. The fourth-order valence-corrected chi connectivity index (χ4v) is 2.74. The molecule has 2 aromatic heterocycles. The summed E-state index contributed by atoms with van der Waals surface area (Å²) >= 11 is 0. The Bertz CT molecular complexity index is 1180. The predicted octanol–water partition coefficient (Wildman–Crippen LogP) is 5.15. The summed E-state index contributed by atoms with van der Waals surface area (Å²) in [4.78, 5) is 23.8. The summed E-state index contributed by atoms with van der Waals surface area (Å²) in [5, 5.41) is 2.64. The highest BCUT2D eigenvalue weighted by Crippen LogP contribution is 2.24. The van der Waals surface area contributed by atoms with Crippen molar-refractivity contribution in [1.82, 2.24) is 9.97 Å². The Hall–Kier alpha value is -4.21. The Balaban J connectivity index is 1.76. The molecule has 2 heterocycles. The van der Waals surface area contributed by atoms with Crippen molar-refractivity contribution < 1.29 is 22.7 Å². The number of carbonyl (C=O) groups excluding carboxylic acids is 1. The van der Waals surface area contributed by atoms with Crippen molar-refractivity contribution in [2.24, 2.45) is 10.7 Å². The summed E-state index contributed by atoms with van der Waals surface area (Å²) < 4.78 is 46.0. The van der Waals surface area contributed by atoms with Crippen LogP contribution < -0.4 is 15.8 Å². The Labute approximate surface area is 194 Å². The molecule has 0 radical (unpaired) electrons. The van der Waals surface area contributed by atoms with Crippen molar-refractivity contribution in [1.29, 1.82) is 0 Å². The van der Waals surface area contributed by atoms with Gasteiger partial charge in [-0.3, -0.25) is 9.78 Å². The molecule has 10 heteroatoms. The van der Waals surface area contributed by atoms with Crippen molar-refractivity contribution in [3.05, 3.63) is 84.3 Å². The van der Waals surface area contributed by atoms with E-state index in [1.54, 1.807) is 30.3 Å². The van der Waals surface area contributed by atoms with Gasteiger partial charge in [0.05, 0.1) is 18.5 Å². The number of benzene rings is 1. The molecule has 34 heavy (non-hydrogen) atoms. The van der Waals surface area contributed by atoms with Gasteiger partial charge in [0, 0.05) is 29.2 Å². The molecule has 1 amide bonds. The maximum atomic E-state index is 13.5. The van der Waals surface area contributed by atoms with Crippen LogP contribution in [0.4, 0.5) is 24.7 Å². The fourth-order valence-electron chi connectivity index (χ4n) is 2.74. The zero-order chi connectivity index (χ0) is 24.6. The number of aliphatic imine (C=N–C) groups is 1. The third-order valence-electron chi connectivity index (χ3n) is 4.39. The summed E-state index contributed by atoms with van der Waals surface area (Å²) in [6.07, 6.45) is 0.849. The number of ether oxygens (including phenoxy) is 1. The van der Waals surface area contributed by atoms with Crippen LogP contribution in [0.3, 0.4) is 0 Å². The molecule has 0 aliphatic carbocycles. The van der Waals surface area contributed by atoms with Gasteiger partial charge in [-0.2, -0.15) is 13.2 Å². The molecule has 1 aromatic carbocycles. The molecular weight excluding hydrogens is 447 g/mol. The van der Waals surface area contributed by atoms with Gasteiger partial charge in [-0.25, -0.2) is 9.98 Å². The number of amides is 1. The van der Waals surface area contributed by atoms with Gasteiger partial charge in [0.25, 0.3) is 5.91 Å². The lowest BCUT2D eigenvalue weighted by Gasteiger charge is -2.09. The summed E-state index contributed by atoms with van der Waals surface area (Å²) in [5.74, 6) is -0.0470. The number of pyridine rings is 2. The van der Waals surface area contributed by atoms with Crippen molar-refractivity contribution >= 4 is 28.8 Å². The summed E-state index contributed by atoms with van der Waals surface area (Å²) in [5.41, 5.74) is 5.41. The number of nitrogens with zero attached hydrogens (tertiary/aromatic N) is 3. The number of hydrogen-bond donors (Lipinski definition) is 2. The Kier molecular flexibility index (Phi) is 7.96. The third-order valence-corrected chi connectivity index (χ3v) is 4.39. The number of nitrogens with one attached hydrogen (secondary N) is 1. The van der Waals surface area contributed by atoms with E-state index < -0.39 is 17.8 Å². The van der Waals surface area contributed by atoms with Crippen LogP contribution >= 0.6 is 0 Å². The molecule has 0 aliphatic rings. The maximum Gasteiger partial charge on any atom is 0.433 e. The normalized spacial score (nSPS) is 12.4. The summed E-state index contributed by atoms with van der Waals surface area (Å²) in [6.45, 7) is 2.50. The molecule has 0 spiro atoms. The van der Waals surface area contributed by atoms with E-state index in [1.165, 1.54) is 36.8 Å². The summed E-state index contributed by atoms with van der Waals surface area (Å²) in [6, 6.07) is 12.4. The molecule has 3 aromatic rings. The molecule has 3 rings (SSSR count). The van der Waals surface area contributed by atoms with Crippen molar-refractivity contribution in [3.63, 3.8) is 0 Å². The van der Waals surface area contributed by atoms with Crippen LogP contribution in [-0.2, 0) is 0 Å².